The maximum atomic E-state index is 13.8. The van der Waals surface area contributed by atoms with Crippen molar-refractivity contribution in [2.75, 3.05) is 26.2 Å². The SMILES string of the molecule is CC(=O)C1CCCC(C(=O)N(CCC(=O)O)CC(=O)N(CCC(C)C)CC(=O)C(C)(C)NC2CCC(NC(=O)NC3CCCCC3C)CC2)C1. The minimum Gasteiger partial charge on any atom is -0.481 e. The lowest BCUT2D eigenvalue weighted by molar-refractivity contribution is -0.147. The number of carboxylic acid groups (broad SMARTS) is 1. The molecule has 0 bridgehead atoms. The predicted molar refractivity (Wildman–Crippen MR) is 192 cm³/mol. The topological polar surface area (TPSA) is 165 Å². The molecule has 3 rings (SSSR count). The van der Waals surface area contributed by atoms with Crippen molar-refractivity contribution in [3.8, 4) is 0 Å². The zero-order chi connectivity index (χ0) is 37.0. The summed E-state index contributed by atoms with van der Waals surface area (Å²) < 4.78 is 0. The molecule has 0 heterocycles. The molecular formula is C38H65N5O7. The smallest absolute Gasteiger partial charge is 0.315 e. The highest BCUT2D eigenvalue weighted by atomic mass is 16.4. The fourth-order valence-corrected chi connectivity index (χ4v) is 7.78. The molecule has 4 amide bonds. The molecule has 12 heteroatoms. The average Bonchev–Trinajstić information content (AvgIpc) is 3.06. The number of rotatable bonds is 17. The van der Waals surface area contributed by atoms with Crippen molar-refractivity contribution in [2.45, 2.75) is 155 Å². The molecule has 0 aromatic carbocycles. The third-order valence-corrected chi connectivity index (χ3v) is 11.2. The molecule has 3 fully saturated rings. The number of carbonyl (C=O) groups is 6. The van der Waals surface area contributed by atoms with Gasteiger partial charge in [-0.3, -0.25) is 24.0 Å². The molecule has 50 heavy (non-hydrogen) atoms. The molecular weight excluding hydrogens is 638 g/mol. The average molecular weight is 704 g/mol. The summed E-state index contributed by atoms with van der Waals surface area (Å²) in [6, 6.07) is 0.311. The van der Waals surface area contributed by atoms with E-state index < -0.39 is 17.4 Å². The van der Waals surface area contributed by atoms with Gasteiger partial charge >= 0.3 is 12.0 Å². The number of ketones is 2. The van der Waals surface area contributed by atoms with Crippen LogP contribution in [0.3, 0.4) is 0 Å². The molecule has 4 N–H and O–H groups in total. The summed E-state index contributed by atoms with van der Waals surface area (Å²) in [5.41, 5.74) is -0.918. The molecule has 0 aliphatic heterocycles. The number of hydrogen-bond donors (Lipinski definition) is 4. The van der Waals surface area contributed by atoms with E-state index in [2.05, 4.69) is 22.9 Å². The van der Waals surface area contributed by atoms with E-state index in [-0.39, 0.29) is 85.4 Å². The van der Waals surface area contributed by atoms with Gasteiger partial charge in [0.1, 0.15) is 5.78 Å². The number of aliphatic carboxylic acids is 1. The third-order valence-electron chi connectivity index (χ3n) is 11.2. The Morgan fingerprint density at radius 1 is 0.780 bits per heavy atom. The maximum absolute atomic E-state index is 13.8. The molecule has 3 aliphatic rings. The van der Waals surface area contributed by atoms with E-state index >= 15 is 0 Å². The van der Waals surface area contributed by atoms with E-state index in [0.717, 1.165) is 57.8 Å². The van der Waals surface area contributed by atoms with E-state index in [4.69, 9.17) is 0 Å². The van der Waals surface area contributed by atoms with Gasteiger partial charge in [0.2, 0.25) is 11.8 Å². The molecule has 284 valence electrons. The quantitative estimate of drug-likeness (QED) is 0.170. The van der Waals surface area contributed by atoms with Crippen molar-refractivity contribution in [3.05, 3.63) is 0 Å². The molecule has 0 radical (unpaired) electrons. The minimum atomic E-state index is -1.07. The number of nitrogens with one attached hydrogen (secondary N) is 3. The number of hydrogen-bond acceptors (Lipinski definition) is 7. The fraction of sp³-hybridized carbons (Fsp3) is 0.842. The second kappa shape index (κ2) is 19.6. The summed E-state index contributed by atoms with van der Waals surface area (Å²) >= 11 is 0. The summed E-state index contributed by atoms with van der Waals surface area (Å²) in [7, 11) is 0. The first-order chi connectivity index (χ1) is 23.5. The Kier molecular flexibility index (Phi) is 16.2. The Morgan fingerprint density at radius 2 is 1.42 bits per heavy atom. The van der Waals surface area contributed by atoms with Crippen LogP contribution in [0.2, 0.25) is 0 Å². The first-order valence-corrected chi connectivity index (χ1v) is 19.2. The minimum absolute atomic E-state index is 0.0434. The normalized spacial score (nSPS) is 25.7. The molecule has 3 aliphatic carbocycles. The van der Waals surface area contributed by atoms with Gasteiger partial charge in [0.15, 0.2) is 5.78 Å². The standard InChI is InChI=1S/C38H65N5O7/c1-25(2)18-20-42(34(46)24-43(21-19-35(47)48)36(49)29-12-9-11-28(22-29)27(4)44)23-33(45)38(5,6)41-31-16-14-30(15-17-31)39-37(50)40-32-13-8-7-10-26(32)3/h25-26,28-32,41H,7-24H2,1-6H3,(H,47,48)(H2,39,40,50). The number of amides is 4. The van der Waals surface area contributed by atoms with Crippen LogP contribution in [0, 0.1) is 23.7 Å². The van der Waals surface area contributed by atoms with Crippen LogP contribution in [-0.2, 0) is 24.0 Å². The monoisotopic (exact) mass is 703 g/mol. The summed E-state index contributed by atoms with van der Waals surface area (Å²) in [4.78, 5) is 80.3. The summed E-state index contributed by atoms with van der Waals surface area (Å²) in [5, 5.41) is 19.2. The first-order valence-electron chi connectivity index (χ1n) is 19.2. The van der Waals surface area contributed by atoms with Crippen molar-refractivity contribution < 1.29 is 33.9 Å². The summed E-state index contributed by atoms with van der Waals surface area (Å²) in [6.45, 7) is 11.3. The van der Waals surface area contributed by atoms with Crippen molar-refractivity contribution in [1.29, 1.82) is 0 Å². The van der Waals surface area contributed by atoms with Gasteiger partial charge < -0.3 is 30.9 Å². The molecule has 4 atom stereocenters. The number of Topliss-reactive ketones (excluding diaryl/α,β-unsaturated/α-hetero) is 2. The molecule has 12 nitrogen and oxygen atoms in total. The van der Waals surface area contributed by atoms with Crippen LogP contribution in [0.25, 0.3) is 0 Å². The van der Waals surface area contributed by atoms with E-state index in [1.807, 2.05) is 27.7 Å². The summed E-state index contributed by atoms with van der Waals surface area (Å²) in [6.07, 6.45) is 10.6. The van der Waals surface area contributed by atoms with Gasteiger partial charge in [-0.05, 0) is 96.8 Å². The van der Waals surface area contributed by atoms with E-state index in [1.165, 1.54) is 23.1 Å². The van der Waals surface area contributed by atoms with Crippen LogP contribution in [0.5, 0.6) is 0 Å². The van der Waals surface area contributed by atoms with Crippen LogP contribution in [0.1, 0.15) is 131 Å². The van der Waals surface area contributed by atoms with Crippen LogP contribution in [-0.4, -0.2) is 100 Å². The van der Waals surface area contributed by atoms with E-state index in [1.54, 1.807) is 0 Å². The van der Waals surface area contributed by atoms with Crippen LogP contribution in [0.15, 0.2) is 0 Å². The zero-order valence-electron chi connectivity index (χ0n) is 31.6. The van der Waals surface area contributed by atoms with Gasteiger partial charge in [0.25, 0.3) is 0 Å². The Labute approximate surface area is 299 Å². The Morgan fingerprint density at radius 3 is 2.04 bits per heavy atom. The summed E-state index contributed by atoms with van der Waals surface area (Å²) in [5.74, 6) is -1.72. The number of carbonyl (C=O) groups excluding carboxylic acids is 5. The molecule has 0 spiro atoms. The number of urea groups is 1. The second-order valence-corrected chi connectivity index (χ2v) is 16.3. The lowest BCUT2D eigenvalue weighted by atomic mass is 9.79. The lowest BCUT2D eigenvalue weighted by Crippen LogP contribution is -2.57. The third kappa shape index (κ3) is 13.3. The van der Waals surface area contributed by atoms with Gasteiger partial charge in [0.05, 0.1) is 25.0 Å². The van der Waals surface area contributed by atoms with Gasteiger partial charge in [-0.1, -0.05) is 40.0 Å². The Balaban J connectivity index is 1.58. The predicted octanol–water partition coefficient (Wildman–Crippen LogP) is 4.69. The maximum Gasteiger partial charge on any atom is 0.315 e. The number of carboxylic acids is 1. The molecule has 0 aromatic rings. The molecule has 0 saturated heterocycles. The van der Waals surface area contributed by atoms with Gasteiger partial charge in [0, 0.05) is 43.1 Å². The van der Waals surface area contributed by atoms with E-state index in [9.17, 15) is 33.9 Å². The van der Waals surface area contributed by atoms with Crippen LogP contribution >= 0.6 is 0 Å². The van der Waals surface area contributed by atoms with Crippen molar-refractivity contribution in [2.24, 2.45) is 23.7 Å². The van der Waals surface area contributed by atoms with Crippen LogP contribution in [0.4, 0.5) is 4.79 Å². The second-order valence-electron chi connectivity index (χ2n) is 16.3. The van der Waals surface area contributed by atoms with Gasteiger partial charge in [-0.2, -0.15) is 0 Å². The van der Waals surface area contributed by atoms with Gasteiger partial charge in [-0.15, -0.1) is 0 Å². The fourth-order valence-electron chi connectivity index (χ4n) is 7.78. The molecule has 0 aromatic heterocycles. The van der Waals surface area contributed by atoms with E-state index in [0.29, 0.717) is 31.7 Å². The Bertz CT molecular complexity index is 1180. The highest BCUT2D eigenvalue weighted by molar-refractivity contribution is 5.93. The van der Waals surface area contributed by atoms with Crippen LogP contribution < -0.4 is 16.0 Å². The first kappa shape index (κ1) is 41.4. The lowest BCUT2D eigenvalue weighted by Gasteiger charge is -2.37. The zero-order valence-corrected chi connectivity index (χ0v) is 31.6. The highest BCUT2D eigenvalue weighted by Gasteiger charge is 2.36. The largest absolute Gasteiger partial charge is 0.481 e. The Hall–Kier alpha value is -3.02. The van der Waals surface area contributed by atoms with Crippen molar-refractivity contribution in [1.82, 2.24) is 25.8 Å². The van der Waals surface area contributed by atoms with Crippen molar-refractivity contribution in [3.63, 3.8) is 0 Å². The molecule has 3 saturated carbocycles. The number of nitrogens with zero attached hydrogens (tertiary/aromatic N) is 2. The highest BCUT2D eigenvalue weighted by Crippen LogP contribution is 2.31. The molecule has 4 unspecified atom stereocenters. The van der Waals surface area contributed by atoms with Crippen molar-refractivity contribution >= 4 is 35.4 Å². The van der Waals surface area contributed by atoms with Gasteiger partial charge in [-0.25, -0.2) is 4.79 Å².